The molecule has 30 heavy (non-hydrogen) atoms. The zero-order chi connectivity index (χ0) is 20.2. The fourth-order valence-electron chi connectivity index (χ4n) is 7.30. The van der Waals surface area contributed by atoms with Crippen LogP contribution in [0.4, 0.5) is 0 Å². The van der Waals surface area contributed by atoms with E-state index < -0.39 is 0 Å². The molecule has 5 aliphatic rings. The Bertz CT molecular complexity index is 737. The molecule has 2 heterocycles. The number of hydrogen-bond donors (Lipinski definition) is 2. The van der Waals surface area contributed by atoms with Gasteiger partial charge >= 0.3 is 0 Å². The van der Waals surface area contributed by atoms with Gasteiger partial charge in [0.1, 0.15) is 11.9 Å². The van der Waals surface area contributed by atoms with Crippen LogP contribution in [0.1, 0.15) is 71.6 Å². The molecule has 1 unspecified atom stereocenters. The van der Waals surface area contributed by atoms with Gasteiger partial charge in [-0.1, -0.05) is 19.0 Å². The number of amides is 1. The fourth-order valence-corrected chi connectivity index (χ4v) is 7.30. The Hall–Kier alpha value is -1.14. The quantitative estimate of drug-likeness (QED) is 0.650. The summed E-state index contributed by atoms with van der Waals surface area (Å²) in [6.07, 6.45) is 8.33. The van der Waals surface area contributed by atoms with Crippen molar-refractivity contribution in [3.63, 3.8) is 0 Å². The average molecular weight is 438 g/mol. The minimum Gasteiger partial charge on any atom is -0.391 e. The first-order chi connectivity index (χ1) is 13.9. The van der Waals surface area contributed by atoms with Gasteiger partial charge in [-0.25, -0.2) is 0 Å². The van der Waals surface area contributed by atoms with E-state index in [1.54, 1.807) is 0 Å². The predicted molar refractivity (Wildman–Crippen MR) is 118 cm³/mol. The summed E-state index contributed by atoms with van der Waals surface area (Å²) in [6, 6.07) is 0.155. The molecule has 2 aliphatic heterocycles. The molecule has 6 nitrogen and oxygen atoms in total. The van der Waals surface area contributed by atoms with Crippen molar-refractivity contribution in [2.45, 2.75) is 83.8 Å². The van der Waals surface area contributed by atoms with E-state index in [0.717, 1.165) is 63.7 Å². The Morgan fingerprint density at radius 3 is 2.63 bits per heavy atom. The zero-order valence-electron chi connectivity index (χ0n) is 18.2. The van der Waals surface area contributed by atoms with Gasteiger partial charge in [0.2, 0.25) is 5.91 Å². The number of halogens is 1. The smallest absolute Gasteiger partial charge is 0.220 e. The number of oxime groups is 1. The van der Waals surface area contributed by atoms with Crippen LogP contribution < -0.4 is 10.6 Å². The summed E-state index contributed by atoms with van der Waals surface area (Å²) < 4.78 is 0. The Labute approximate surface area is 185 Å². The molecule has 0 spiro atoms. The molecular formula is C23H36ClN3O3. The van der Waals surface area contributed by atoms with E-state index >= 15 is 0 Å². The first kappa shape index (κ1) is 22.1. The van der Waals surface area contributed by atoms with Crippen molar-refractivity contribution < 1.29 is 14.4 Å². The molecule has 7 atom stereocenters. The molecule has 0 bridgehead atoms. The van der Waals surface area contributed by atoms with Gasteiger partial charge in [-0.15, -0.1) is 12.4 Å². The van der Waals surface area contributed by atoms with E-state index in [4.69, 9.17) is 4.84 Å². The maximum Gasteiger partial charge on any atom is 0.220 e. The van der Waals surface area contributed by atoms with Crippen LogP contribution in [0.3, 0.4) is 0 Å². The van der Waals surface area contributed by atoms with Crippen LogP contribution in [0.25, 0.3) is 0 Å². The molecule has 2 saturated heterocycles. The normalized spacial score (nSPS) is 46.9. The minimum absolute atomic E-state index is 0. The Balaban J connectivity index is 0.00000218. The third kappa shape index (κ3) is 3.48. The van der Waals surface area contributed by atoms with E-state index in [2.05, 4.69) is 29.6 Å². The van der Waals surface area contributed by atoms with E-state index in [-0.39, 0.29) is 41.3 Å². The van der Waals surface area contributed by atoms with Crippen LogP contribution in [0.5, 0.6) is 0 Å². The van der Waals surface area contributed by atoms with Gasteiger partial charge in [-0.2, -0.15) is 0 Å². The van der Waals surface area contributed by atoms with Gasteiger partial charge in [-0.05, 0) is 68.2 Å². The molecule has 5 fully saturated rings. The van der Waals surface area contributed by atoms with E-state index in [1.807, 2.05) is 0 Å². The van der Waals surface area contributed by atoms with Gasteiger partial charge < -0.3 is 15.5 Å². The van der Waals surface area contributed by atoms with Crippen molar-refractivity contribution in [3.8, 4) is 0 Å². The Kier molecular flexibility index (Phi) is 5.95. The summed E-state index contributed by atoms with van der Waals surface area (Å²) in [5.41, 5.74) is 1.03. The van der Waals surface area contributed by atoms with Crippen LogP contribution in [0.15, 0.2) is 5.16 Å². The number of rotatable bonds is 2. The molecule has 3 aliphatic carbocycles. The highest BCUT2D eigenvalue weighted by molar-refractivity contribution is 5.88. The summed E-state index contributed by atoms with van der Waals surface area (Å²) in [4.78, 5) is 31.3. The fraction of sp³-hybridized carbons (Fsp3) is 0.870. The van der Waals surface area contributed by atoms with Gasteiger partial charge in [0, 0.05) is 37.3 Å². The summed E-state index contributed by atoms with van der Waals surface area (Å²) in [5.74, 6) is 1.67. The van der Waals surface area contributed by atoms with Crippen LogP contribution in [0.2, 0.25) is 0 Å². The summed E-state index contributed by atoms with van der Waals surface area (Å²) in [6.45, 7) is 6.44. The third-order valence-corrected chi connectivity index (χ3v) is 9.30. The molecule has 5 rings (SSSR count). The lowest BCUT2D eigenvalue weighted by Crippen LogP contribution is -2.56. The monoisotopic (exact) mass is 437 g/mol. The lowest BCUT2D eigenvalue weighted by molar-refractivity contribution is -0.131. The number of carbonyl (C=O) groups is 2. The van der Waals surface area contributed by atoms with Gasteiger partial charge in [0.25, 0.3) is 0 Å². The number of Topliss-reactive ketones (excluding diaryl/α,β-unsaturated/α-hetero) is 1. The zero-order valence-corrected chi connectivity index (χ0v) is 19.1. The molecule has 2 N–H and O–H groups in total. The van der Waals surface area contributed by atoms with Crippen LogP contribution >= 0.6 is 12.4 Å². The molecule has 0 aromatic carbocycles. The lowest BCUT2D eigenvalue weighted by Gasteiger charge is -2.53. The van der Waals surface area contributed by atoms with E-state index in [9.17, 15) is 9.59 Å². The second-order valence-electron chi connectivity index (χ2n) is 10.7. The molecule has 1 amide bonds. The van der Waals surface area contributed by atoms with Crippen molar-refractivity contribution in [1.29, 1.82) is 0 Å². The van der Waals surface area contributed by atoms with Crippen molar-refractivity contribution in [3.05, 3.63) is 0 Å². The summed E-state index contributed by atoms with van der Waals surface area (Å²) in [5, 5.41) is 11.2. The molecule has 0 aromatic heterocycles. The molecular weight excluding hydrogens is 402 g/mol. The van der Waals surface area contributed by atoms with Crippen molar-refractivity contribution in [2.75, 3.05) is 13.1 Å². The molecule has 0 radical (unpaired) electrons. The molecule has 0 aromatic rings. The predicted octanol–water partition coefficient (Wildman–Crippen LogP) is 3.23. The average Bonchev–Trinajstić information content (AvgIpc) is 3.28. The highest BCUT2D eigenvalue weighted by Gasteiger charge is 2.60. The first-order valence-corrected chi connectivity index (χ1v) is 11.6. The number of nitrogens with one attached hydrogen (secondary N) is 2. The van der Waals surface area contributed by atoms with Gasteiger partial charge in [-0.3, -0.25) is 9.59 Å². The van der Waals surface area contributed by atoms with E-state index in [1.165, 1.54) is 0 Å². The van der Waals surface area contributed by atoms with Crippen molar-refractivity contribution >= 4 is 29.8 Å². The van der Waals surface area contributed by atoms with Crippen molar-refractivity contribution in [2.24, 2.45) is 33.7 Å². The largest absolute Gasteiger partial charge is 0.391 e. The maximum atomic E-state index is 12.9. The minimum atomic E-state index is -0.227. The number of hydrogen-bond acceptors (Lipinski definition) is 5. The topological polar surface area (TPSA) is 79.8 Å². The Morgan fingerprint density at radius 1 is 1.03 bits per heavy atom. The summed E-state index contributed by atoms with van der Waals surface area (Å²) in [7, 11) is 0. The van der Waals surface area contributed by atoms with Gasteiger partial charge in [0.05, 0.1) is 5.71 Å². The molecule has 168 valence electrons. The van der Waals surface area contributed by atoms with Crippen molar-refractivity contribution in [1.82, 2.24) is 10.6 Å². The maximum absolute atomic E-state index is 12.9. The summed E-state index contributed by atoms with van der Waals surface area (Å²) >= 11 is 0. The number of ketones is 1. The third-order valence-electron chi connectivity index (χ3n) is 9.30. The molecule has 3 saturated carbocycles. The van der Waals surface area contributed by atoms with Crippen LogP contribution in [0, 0.1) is 28.6 Å². The molecule has 7 heteroatoms. The standard InChI is InChI=1S/C23H35N3O3.ClH/c1-22-8-5-15(26-29-16-7-10-24-13-16)11-14(22)12-20(28)25-21-17-3-4-19(27)23(17,2)9-6-18(21)22;/h14,16-18,21,24H,3-13H2,1-2H3,(H,25,28);1H/b26-15-;/t14?,16-,17+,18+,21+,22+,23+;/m1./s1. The second kappa shape index (κ2) is 8.09. The van der Waals surface area contributed by atoms with E-state index in [0.29, 0.717) is 36.4 Å². The Morgan fingerprint density at radius 2 is 1.87 bits per heavy atom. The first-order valence-electron chi connectivity index (χ1n) is 11.6. The van der Waals surface area contributed by atoms with Crippen LogP contribution in [-0.4, -0.2) is 42.6 Å². The van der Waals surface area contributed by atoms with Gasteiger partial charge in [0.15, 0.2) is 0 Å². The number of fused-ring (bicyclic) bond motifs is 5. The highest BCUT2D eigenvalue weighted by Crippen LogP contribution is 2.60. The number of nitrogens with zero attached hydrogens (tertiary/aromatic N) is 1. The SMILES string of the molecule is C[C@]12CC/C(=N/O[C@@H]3CCNC3)CC1CC(=O)N[C@@H]1[C@@H]2CC[C@]2(C)C(=O)CC[C@@H]12.Cl. The number of carbonyl (C=O) groups excluding carboxylic acids is 2. The highest BCUT2D eigenvalue weighted by atomic mass is 35.5. The second-order valence-corrected chi connectivity index (χ2v) is 10.7. The lowest BCUT2D eigenvalue weighted by atomic mass is 9.52. The van der Waals surface area contributed by atoms with Crippen LogP contribution in [-0.2, 0) is 14.4 Å².